The summed E-state index contributed by atoms with van der Waals surface area (Å²) in [4.78, 5) is 22.4. The SMILES string of the molecule is COCCCCOC(=O)C(=O)CCCCC#N. The van der Waals surface area contributed by atoms with E-state index in [-0.39, 0.29) is 13.0 Å². The average Bonchev–Trinajstić information content (AvgIpc) is 2.34. The second kappa shape index (κ2) is 11.1. The Hall–Kier alpha value is -1.41. The number of carbonyl (C=O) groups is 2. The molecule has 96 valence electrons. The lowest BCUT2D eigenvalue weighted by atomic mass is 10.1. The van der Waals surface area contributed by atoms with Crippen LogP contribution in [0.1, 0.15) is 38.5 Å². The van der Waals surface area contributed by atoms with Gasteiger partial charge in [0, 0.05) is 26.6 Å². The summed E-state index contributed by atoms with van der Waals surface area (Å²) in [6.07, 6.45) is 3.29. The van der Waals surface area contributed by atoms with Crippen LogP contribution in [0.15, 0.2) is 0 Å². The highest BCUT2D eigenvalue weighted by Gasteiger charge is 2.14. The first-order valence-electron chi connectivity index (χ1n) is 5.78. The number of methoxy groups -OCH3 is 1. The molecule has 0 N–H and O–H groups in total. The van der Waals surface area contributed by atoms with E-state index in [9.17, 15) is 9.59 Å². The number of nitrogens with zero attached hydrogens (tertiary/aromatic N) is 1. The molecular weight excluding hydrogens is 222 g/mol. The van der Waals surface area contributed by atoms with Gasteiger partial charge in [0.15, 0.2) is 0 Å². The fraction of sp³-hybridized carbons (Fsp3) is 0.750. The number of unbranched alkanes of at least 4 members (excludes halogenated alkanes) is 3. The van der Waals surface area contributed by atoms with Crippen LogP contribution in [0, 0.1) is 11.3 Å². The highest BCUT2D eigenvalue weighted by Crippen LogP contribution is 2.01. The quantitative estimate of drug-likeness (QED) is 0.330. The Labute approximate surface area is 102 Å². The molecule has 0 heterocycles. The van der Waals surface area contributed by atoms with Crippen molar-refractivity contribution in [3.8, 4) is 6.07 Å². The maximum absolute atomic E-state index is 11.2. The third-order valence-corrected chi connectivity index (χ3v) is 2.15. The average molecular weight is 241 g/mol. The molecule has 0 aromatic heterocycles. The minimum atomic E-state index is -0.764. The molecule has 0 saturated carbocycles. The summed E-state index contributed by atoms with van der Waals surface area (Å²) in [5.74, 6) is -1.27. The minimum absolute atomic E-state index is 0.165. The summed E-state index contributed by atoms with van der Waals surface area (Å²) in [6.45, 7) is 0.881. The largest absolute Gasteiger partial charge is 0.460 e. The standard InChI is InChI=1S/C12H19NO4/c1-16-9-5-6-10-17-12(15)11(14)7-3-2-4-8-13/h2-7,9-10H2,1H3. The van der Waals surface area contributed by atoms with Crippen LogP contribution in [0.2, 0.25) is 0 Å². The molecule has 0 spiro atoms. The van der Waals surface area contributed by atoms with Crippen LogP contribution in [0.3, 0.4) is 0 Å². The van der Waals surface area contributed by atoms with E-state index in [1.54, 1.807) is 7.11 Å². The van der Waals surface area contributed by atoms with Gasteiger partial charge in [-0.1, -0.05) is 0 Å². The fourth-order valence-corrected chi connectivity index (χ4v) is 1.19. The van der Waals surface area contributed by atoms with Crippen molar-refractivity contribution in [2.45, 2.75) is 38.5 Å². The van der Waals surface area contributed by atoms with Crippen molar-refractivity contribution >= 4 is 11.8 Å². The summed E-state index contributed by atoms with van der Waals surface area (Å²) in [6, 6.07) is 1.99. The molecule has 17 heavy (non-hydrogen) atoms. The van der Waals surface area contributed by atoms with Gasteiger partial charge in [0.25, 0.3) is 0 Å². The van der Waals surface area contributed by atoms with Crippen LogP contribution < -0.4 is 0 Å². The van der Waals surface area contributed by atoms with Gasteiger partial charge in [0.05, 0.1) is 12.7 Å². The van der Waals surface area contributed by atoms with Crippen LogP contribution in [0.25, 0.3) is 0 Å². The van der Waals surface area contributed by atoms with Crippen molar-refractivity contribution in [2.75, 3.05) is 20.3 Å². The zero-order chi connectivity index (χ0) is 12.9. The molecule has 0 aromatic rings. The first-order chi connectivity index (χ1) is 8.22. The van der Waals surface area contributed by atoms with Gasteiger partial charge in [-0.15, -0.1) is 0 Å². The monoisotopic (exact) mass is 241 g/mol. The van der Waals surface area contributed by atoms with Crippen LogP contribution in [0.4, 0.5) is 0 Å². The first kappa shape index (κ1) is 15.6. The Morgan fingerprint density at radius 3 is 2.47 bits per heavy atom. The van der Waals surface area contributed by atoms with Gasteiger partial charge < -0.3 is 9.47 Å². The van der Waals surface area contributed by atoms with E-state index in [2.05, 4.69) is 0 Å². The predicted molar refractivity (Wildman–Crippen MR) is 61.2 cm³/mol. The first-order valence-corrected chi connectivity index (χ1v) is 5.78. The number of rotatable bonds is 10. The van der Waals surface area contributed by atoms with Crippen LogP contribution in [-0.2, 0) is 19.1 Å². The van der Waals surface area contributed by atoms with E-state index in [0.29, 0.717) is 32.3 Å². The second-order valence-corrected chi connectivity index (χ2v) is 3.62. The molecule has 5 heteroatoms. The molecule has 0 amide bonds. The fourth-order valence-electron chi connectivity index (χ4n) is 1.19. The number of esters is 1. The molecule has 0 rings (SSSR count). The molecule has 0 aliphatic rings. The second-order valence-electron chi connectivity index (χ2n) is 3.62. The summed E-state index contributed by atoms with van der Waals surface area (Å²) >= 11 is 0. The Kier molecular flexibility index (Phi) is 10.2. The molecule has 0 saturated heterocycles. The number of nitriles is 1. The van der Waals surface area contributed by atoms with Crippen LogP contribution in [0.5, 0.6) is 0 Å². The third kappa shape index (κ3) is 9.52. The van der Waals surface area contributed by atoms with Gasteiger partial charge in [-0.2, -0.15) is 5.26 Å². The van der Waals surface area contributed by atoms with E-state index in [4.69, 9.17) is 14.7 Å². The molecule has 5 nitrogen and oxygen atoms in total. The van der Waals surface area contributed by atoms with E-state index < -0.39 is 11.8 Å². The Morgan fingerprint density at radius 1 is 1.12 bits per heavy atom. The number of ketones is 1. The van der Waals surface area contributed by atoms with Gasteiger partial charge in [-0.3, -0.25) is 4.79 Å². The Balaban J connectivity index is 3.48. The van der Waals surface area contributed by atoms with E-state index in [1.165, 1.54) is 0 Å². The lowest BCUT2D eigenvalue weighted by Gasteiger charge is -2.03. The maximum Gasteiger partial charge on any atom is 0.374 e. The number of hydrogen-bond acceptors (Lipinski definition) is 5. The summed E-state index contributed by atoms with van der Waals surface area (Å²) in [5, 5.41) is 8.29. The van der Waals surface area contributed by atoms with Gasteiger partial charge in [-0.05, 0) is 25.7 Å². The van der Waals surface area contributed by atoms with E-state index in [1.807, 2.05) is 6.07 Å². The number of hydrogen-bond donors (Lipinski definition) is 0. The van der Waals surface area contributed by atoms with Crippen molar-refractivity contribution in [3.63, 3.8) is 0 Å². The van der Waals surface area contributed by atoms with E-state index in [0.717, 1.165) is 6.42 Å². The predicted octanol–water partition coefficient (Wildman–Crippen LogP) is 1.61. The molecule has 0 bridgehead atoms. The number of Topliss-reactive ketones (excluding diaryl/α,β-unsaturated/α-hetero) is 1. The topological polar surface area (TPSA) is 76.4 Å². The normalized spacial score (nSPS) is 9.65. The lowest BCUT2D eigenvalue weighted by Crippen LogP contribution is -2.17. The van der Waals surface area contributed by atoms with Crippen LogP contribution >= 0.6 is 0 Å². The number of carbonyl (C=O) groups excluding carboxylic acids is 2. The highest BCUT2D eigenvalue weighted by molar-refractivity contribution is 6.33. The smallest absolute Gasteiger partial charge is 0.374 e. The molecular formula is C12H19NO4. The molecule has 0 atom stereocenters. The molecule has 0 aliphatic heterocycles. The van der Waals surface area contributed by atoms with Gasteiger partial charge in [0.1, 0.15) is 0 Å². The summed E-state index contributed by atoms with van der Waals surface area (Å²) < 4.78 is 9.64. The van der Waals surface area contributed by atoms with Gasteiger partial charge >= 0.3 is 5.97 Å². The lowest BCUT2D eigenvalue weighted by molar-refractivity contribution is -0.154. The van der Waals surface area contributed by atoms with Crippen molar-refractivity contribution < 1.29 is 19.1 Å². The minimum Gasteiger partial charge on any atom is -0.460 e. The molecule has 0 aromatic carbocycles. The summed E-state index contributed by atoms with van der Waals surface area (Å²) in [7, 11) is 1.61. The van der Waals surface area contributed by atoms with Crippen LogP contribution in [-0.4, -0.2) is 32.1 Å². The zero-order valence-electron chi connectivity index (χ0n) is 10.2. The highest BCUT2D eigenvalue weighted by atomic mass is 16.5. The van der Waals surface area contributed by atoms with Crippen molar-refractivity contribution in [1.29, 1.82) is 5.26 Å². The van der Waals surface area contributed by atoms with Crippen molar-refractivity contribution in [2.24, 2.45) is 0 Å². The molecule has 0 aliphatic carbocycles. The van der Waals surface area contributed by atoms with E-state index >= 15 is 0 Å². The van der Waals surface area contributed by atoms with Crippen molar-refractivity contribution in [3.05, 3.63) is 0 Å². The Bertz CT molecular complexity index is 270. The third-order valence-electron chi connectivity index (χ3n) is 2.15. The number of ether oxygens (including phenoxy) is 2. The van der Waals surface area contributed by atoms with Crippen molar-refractivity contribution in [1.82, 2.24) is 0 Å². The zero-order valence-corrected chi connectivity index (χ0v) is 10.2. The Morgan fingerprint density at radius 2 is 1.82 bits per heavy atom. The summed E-state index contributed by atoms with van der Waals surface area (Å²) in [5.41, 5.74) is 0. The maximum atomic E-state index is 11.2. The molecule has 0 fully saturated rings. The molecule has 0 unspecified atom stereocenters. The molecule has 0 radical (unpaired) electrons. The van der Waals surface area contributed by atoms with Gasteiger partial charge in [-0.25, -0.2) is 4.79 Å². The van der Waals surface area contributed by atoms with Gasteiger partial charge in [0.2, 0.25) is 5.78 Å².